The molecule has 0 aliphatic rings. The van der Waals surface area contributed by atoms with E-state index < -0.39 is 0 Å². The van der Waals surface area contributed by atoms with Gasteiger partial charge >= 0.3 is 0 Å². The smallest absolute Gasteiger partial charge is 0.142 e. The Balaban J connectivity index is 2.40. The van der Waals surface area contributed by atoms with Gasteiger partial charge in [-0.25, -0.2) is 4.39 Å². The molecule has 0 saturated heterocycles. The van der Waals surface area contributed by atoms with Crippen LogP contribution in [0.4, 0.5) is 4.39 Å². The van der Waals surface area contributed by atoms with Gasteiger partial charge in [-0.15, -0.1) is 0 Å². The van der Waals surface area contributed by atoms with Crippen LogP contribution in [0.5, 0.6) is 0 Å². The highest BCUT2D eigenvalue weighted by molar-refractivity contribution is 6.31. The summed E-state index contributed by atoms with van der Waals surface area (Å²) < 4.78 is 13.0. The number of benzene rings is 1. The van der Waals surface area contributed by atoms with Crippen molar-refractivity contribution >= 4 is 11.6 Å². The lowest BCUT2D eigenvalue weighted by Gasteiger charge is -2.05. The van der Waals surface area contributed by atoms with E-state index in [0.29, 0.717) is 6.54 Å². The average Bonchev–Trinajstić information content (AvgIpc) is 2.24. The number of nitrogens with one attached hydrogen (secondary N) is 1. The van der Waals surface area contributed by atoms with Gasteiger partial charge < -0.3 is 5.32 Å². The second kappa shape index (κ2) is 6.59. The predicted molar refractivity (Wildman–Crippen MR) is 62.5 cm³/mol. The Morgan fingerprint density at radius 1 is 1.47 bits per heavy atom. The molecule has 3 heteroatoms. The average molecular weight is 228 g/mol. The summed E-state index contributed by atoms with van der Waals surface area (Å²) >= 11 is 5.80. The van der Waals surface area contributed by atoms with Crippen LogP contribution in [0.25, 0.3) is 0 Å². The van der Waals surface area contributed by atoms with Crippen LogP contribution in [-0.4, -0.2) is 6.54 Å². The van der Waals surface area contributed by atoms with Gasteiger partial charge in [-0.1, -0.05) is 35.9 Å². The first-order valence-electron chi connectivity index (χ1n) is 5.00. The minimum atomic E-state index is -0.357. The number of hydrogen-bond acceptors (Lipinski definition) is 1. The summed E-state index contributed by atoms with van der Waals surface area (Å²) in [6.07, 6.45) is 5.07. The van der Waals surface area contributed by atoms with Crippen LogP contribution < -0.4 is 5.32 Å². The van der Waals surface area contributed by atoms with Crippen LogP contribution in [0.2, 0.25) is 5.02 Å². The molecular weight excluding hydrogens is 213 g/mol. The van der Waals surface area contributed by atoms with Gasteiger partial charge in [-0.3, -0.25) is 0 Å². The molecule has 1 N–H and O–H groups in total. The third-order valence-electron chi connectivity index (χ3n) is 2.07. The highest BCUT2D eigenvalue weighted by Crippen LogP contribution is 2.19. The van der Waals surface area contributed by atoms with Gasteiger partial charge in [0.15, 0.2) is 0 Å². The Morgan fingerprint density at radius 2 is 2.27 bits per heavy atom. The fourth-order valence-corrected chi connectivity index (χ4v) is 1.45. The van der Waals surface area contributed by atoms with Crippen LogP contribution in [-0.2, 0) is 6.54 Å². The largest absolute Gasteiger partial charge is 0.312 e. The van der Waals surface area contributed by atoms with Gasteiger partial charge in [0.05, 0.1) is 5.02 Å². The Bertz CT molecular complexity index is 336. The number of rotatable bonds is 5. The molecular formula is C12H15ClFN. The van der Waals surface area contributed by atoms with Crippen molar-refractivity contribution in [1.29, 1.82) is 0 Å². The second-order valence-electron chi connectivity index (χ2n) is 3.25. The molecule has 1 nitrogen and oxygen atoms in total. The topological polar surface area (TPSA) is 12.0 Å². The quantitative estimate of drug-likeness (QED) is 0.600. The molecule has 0 unspecified atom stereocenters. The van der Waals surface area contributed by atoms with Crippen LogP contribution in [0.15, 0.2) is 30.4 Å². The van der Waals surface area contributed by atoms with Crippen LogP contribution in [0.1, 0.15) is 18.9 Å². The van der Waals surface area contributed by atoms with Crippen molar-refractivity contribution in [2.75, 3.05) is 6.54 Å². The van der Waals surface area contributed by atoms with E-state index in [2.05, 4.69) is 11.4 Å². The second-order valence-corrected chi connectivity index (χ2v) is 3.63. The number of hydrogen-bond donors (Lipinski definition) is 1. The zero-order chi connectivity index (χ0) is 11.1. The molecule has 0 aliphatic carbocycles. The monoisotopic (exact) mass is 227 g/mol. The summed E-state index contributed by atoms with van der Waals surface area (Å²) in [4.78, 5) is 0. The van der Waals surface area contributed by atoms with Crippen molar-refractivity contribution in [2.24, 2.45) is 0 Å². The molecule has 0 aliphatic heterocycles. The van der Waals surface area contributed by atoms with E-state index in [1.807, 2.05) is 19.1 Å². The van der Waals surface area contributed by atoms with Crippen molar-refractivity contribution in [3.8, 4) is 0 Å². The zero-order valence-electron chi connectivity index (χ0n) is 8.76. The van der Waals surface area contributed by atoms with Gasteiger partial charge in [-0.2, -0.15) is 0 Å². The molecule has 1 aromatic carbocycles. The SMILES string of the molecule is C/C=C/CCNCc1cccc(F)c1Cl. The first-order chi connectivity index (χ1) is 7.25. The molecule has 0 radical (unpaired) electrons. The summed E-state index contributed by atoms with van der Waals surface area (Å²) in [6, 6.07) is 4.86. The Labute approximate surface area is 95.0 Å². The molecule has 1 rings (SSSR count). The van der Waals surface area contributed by atoms with Gasteiger partial charge in [0.25, 0.3) is 0 Å². The summed E-state index contributed by atoms with van der Waals surface area (Å²) in [5.41, 5.74) is 0.803. The van der Waals surface area contributed by atoms with Crippen molar-refractivity contribution in [3.63, 3.8) is 0 Å². The van der Waals surface area contributed by atoms with E-state index in [1.165, 1.54) is 6.07 Å². The van der Waals surface area contributed by atoms with E-state index in [1.54, 1.807) is 6.07 Å². The van der Waals surface area contributed by atoms with Gasteiger partial charge in [0.2, 0.25) is 0 Å². The minimum Gasteiger partial charge on any atom is -0.312 e. The zero-order valence-corrected chi connectivity index (χ0v) is 9.52. The molecule has 0 saturated carbocycles. The lowest BCUT2D eigenvalue weighted by atomic mass is 10.2. The van der Waals surface area contributed by atoms with Gasteiger partial charge in [0, 0.05) is 6.54 Å². The predicted octanol–water partition coefficient (Wildman–Crippen LogP) is 3.53. The third-order valence-corrected chi connectivity index (χ3v) is 2.49. The van der Waals surface area contributed by atoms with Gasteiger partial charge in [0.1, 0.15) is 5.82 Å². The summed E-state index contributed by atoms with van der Waals surface area (Å²) in [5.74, 6) is -0.357. The standard InChI is InChI=1S/C12H15ClFN/c1-2-3-4-8-15-9-10-6-5-7-11(14)12(10)13/h2-3,5-7,15H,4,8-9H2,1H3/b3-2+. The molecule has 0 fully saturated rings. The minimum absolute atomic E-state index is 0.219. The normalized spacial score (nSPS) is 11.1. The third kappa shape index (κ3) is 4.02. The van der Waals surface area contributed by atoms with Crippen molar-refractivity contribution in [3.05, 3.63) is 46.8 Å². The van der Waals surface area contributed by atoms with E-state index >= 15 is 0 Å². The highest BCUT2D eigenvalue weighted by atomic mass is 35.5. The Kier molecular flexibility index (Phi) is 5.37. The maximum atomic E-state index is 13.0. The number of halogens is 2. The fourth-order valence-electron chi connectivity index (χ4n) is 1.26. The lowest BCUT2D eigenvalue weighted by molar-refractivity contribution is 0.621. The van der Waals surface area contributed by atoms with Crippen molar-refractivity contribution in [1.82, 2.24) is 5.32 Å². The van der Waals surface area contributed by atoms with Crippen molar-refractivity contribution < 1.29 is 4.39 Å². The number of allylic oxidation sites excluding steroid dienone is 1. The van der Waals surface area contributed by atoms with Crippen molar-refractivity contribution in [2.45, 2.75) is 19.9 Å². The molecule has 0 bridgehead atoms. The first-order valence-corrected chi connectivity index (χ1v) is 5.38. The molecule has 0 spiro atoms. The Hall–Kier alpha value is -0.860. The maximum absolute atomic E-state index is 13.0. The molecule has 0 aromatic heterocycles. The van der Waals surface area contributed by atoms with E-state index in [0.717, 1.165) is 18.5 Å². The highest BCUT2D eigenvalue weighted by Gasteiger charge is 2.03. The maximum Gasteiger partial charge on any atom is 0.142 e. The first kappa shape index (κ1) is 12.2. The molecule has 82 valence electrons. The van der Waals surface area contributed by atoms with Crippen LogP contribution in [0, 0.1) is 5.82 Å². The molecule has 15 heavy (non-hydrogen) atoms. The molecule has 0 heterocycles. The van der Waals surface area contributed by atoms with E-state index in [9.17, 15) is 4.39 Å². The Morgan fingerprint density at radius 3 is 3.00 bits per heavy atom. The van der Waals surface area contributed by atoms with Crippen LogP contribution in [0.3, 0.4) is 0 Å². The molecule has 0 atom stereocenters. The lowest BCUT2D eigenvalue weighted by Crippen LogP contribution is -2.14. The summed E-state index contributed by atoms with van der Waals surface area (Å²) in [5, 5.41) is 3.42. The van der Waals surface area contributed by atoms with Crippen LogP contribution >= 0.6 is 11.6 Å². The van der Waals surface area contributed by atoms with E-state index in [4.69, 9.17) is 11.6 Å². The van der Waals surface area contributed by atoms with Gasteiger partial charge in [-0.05, 0) is 31.5 Å². The van der Waals surface area contributed by atoms with E-state index in [-0.39, 0.29) is 10.8 Å². The molecule has 0 amide bonds. The summed E-state index contributed by atoms with van der Waals surface area (Å²) in [7, 11) is 0. The fraction of sp³-hybridized carbons (Fsp3) is 0.333. The summed E-state index contributed by atoms with van der Waals surface area (Å²) in [6.45, 7) is 3.47. The molecule has 1 aromatic rings.